The number of methoxy groups -OCH3 is 2. The number of amides is 2. The van der Waals surface area contributed by atoms with E-state index in [2.05, 4.69) is 20.6 Å². The van der Waals surface area contributed by atoms with Crippen LogP contribution in [-0.4, -0.2) is 51.6 Å². The van der Waals surface area contributed by atoms with E-state index in [1.807, 2.05) is 6.07 Å². The average Bonchev–Trinajstić information content (AvgIpc) is 3.26. The summed E-state index contributed by atoms with van der Waals surface area (Å²) >= 11 is 1.27. The molecular weight excluding hydrogens is 444 g/mol. The minimum Gasteiger partial charge on any atom is -0.493 e. The first-order valence-corrected chi connectivity index (χ1v) is 10.7. The summed E-state index contributed by atoms with van der Waals surface area (Å²) in [5.74, 6) is 1.12. The summed E-state index contributed by atoms with van der Waals surface area (Å²) < 4.78 is 12.3. The van der Waals surface area contributed by atoms with Crippen LogP contribution in [0.5, 0.6) is 11.5 Å². The van der Waals surface area contributed by atoms with Gasteiger partial charge in [-0.2, -0.15) is 9.61 Å². The highest BCUT2D eigenvalue weighted by atomic mass is 32.2. The van der Waals surface area contributed by atoms with Crippen molar-refractivity contribution in [2.45, 2.75) is 5.03 Å². The number of hydrogen-bond donors (Lipinski definition) is 2. The molecule has 0 aliphatic rings. The molecule has 0 radical (unpaired) electrons. The Hall–Kier alpha value is -4.12. The summed E-state index contributed by atoms with van der Waals surface area (Å²) in [5.41, 5.74) is 7.50. The van der Waals surface area contributed by atoms with Gasteiger partial charge in [0.2, 0.25) is 11.8 Å². The summed E-state index contributed by atoms with van der Waals surface area (Å²) in [4.78, 5) is 23.5. The number of benzene rings is 2. The number of nitrogens with two attached hydrogens (primary N) is 1. The molecule has 0 saturated heterocycles. The zero-order valence-electron chi connectivity index (χ0n) is 17.8. The van der Waals surface area contributed by atoms with Crippen molar-refractivity contribution in [1.29, 1.82) is 0 Å². The molecule has 0 fully saturated rings. The molecule has 0 atom stereocenters. The van der Waals surface area contributed by atoms with E-state index in [0.29, 0.717) is 39.2 Å². The van der Waals surface area contributed by atoms with Crippen molar-refractivity contribution >= 4 is 34.9 Å². The molecule has 4 rings (SSSR count). The Labute approximate surface area is 193 Å². The Bertz CT molecular complexity index is 1320. The zero-order valence-corrected chi connectivity index (χ0v) is 18.6. The normalized spacial score (nSPS) is 10.7. The van der Waals surface area contributed by atoms with Gasteiger partial charge in [0.05, 0.1) is 20.0 Å². The highest BCUT2D eigenvalue weighted by Gasteiger charge is 2.14. The van der Waals surface area contributed by atoms with Crippen LogP contribution in [0, 0.1) is 0 Å². The molecular formula is C22H20N6O4S. The van der Waals surface area contributed by atoms with Crippen LogP contribution in [0.4, 0.5) is 5.69 Å². The average molecular weight is 465 g/mol. The number of hydrogen-bond acceptors (Lipinski definition) is 8. The van der Waals surface area contributed by atoms with Crippen molar-refractivity contribution in [1.82, 2.24) is 19.8 Å². The number of aromatic nitrogens is 4. The van der Waals surface area contributed by atoms with Gasteiger partial charge in [-0.3, -0.25) is 9.59 Å². The number of carbonyl (C=O) groups is 2. The number of nitrogens with zero attached hydrogens (tertiary/aromatic N) is 4. The van der Waals surface area contributed by atoms with Crippen molar-refractivity contribution in [2.75, 3.05) is 25.3 Å². The highest BCUT2D eigenvalue weighted by molar-refractivity contribution is 7.99. The van der Waals surface area contributed by atoms with Crippen molar-refractivity contribution < 1.29 is 19.1 Å². The lowest BCUT2D eigenvalue weighted by Crippen LogP contribution is -2.15. The van der Waals surface area contributed by atoms with Gasteiger partial charge in [0, 0.05) is 16.8 Å². The van der Waals surface area contributed by atoms with Crippen molar-refractivity contribution in [3.05, 3.63) is 60.2 Å². The lowest BCUT2D eigenvalue weighted by molar-refractivity contribution is -0.113. The Kier molecular flexibility index (Phi) is 6.41. The maximum Gasteiger partial charge on any atom is 0.248 e. The number of nitrogens with one attached hydrogen (secondary N) is 1. The third-order valence-electron chi connectivity index (χ3n) is 4.68. The highest BCUT2D eigenvalue weighted by Crippen LogP contribution is 2.31. The molecule has 0 spiro atoms. The summed E-state index contributed by atoms with van der Waals surface area (Å²) in [6.07, 6.45) is 0. The second-order valence-electron chi connectivity index (χ2n) is 6.81. The standard InChI is InChI=1S/C22H20N6O4S/c1-31-16-8-5-14(11-17(16)32-2)22-26-25-18-9-10-20(27-28(18)22)33-12-19(29)24-15-6-3-13(4-7-15)21(23)30/h3-11H,12H2,1-2H3,(H2,23,30)(H,24,29). The number of anilines is 1. The fraction of sp³-hybridized carbons (Fsp3) is 0.136. The van der Waals surface area contributed by atoms with Crippen LogP contribution >= 0.6 is 11.8 Å². The van der Waals surface area contributed by atoms with Gasteiger partial charge < -0.3 is 20.5 Å². The topological polar surface area (TPSA) is 134 Å². The molecule has 4 aromatic rings. The van der Waals surface area contributed by atoms with E-state index in [4.69, 9.17) is 15.2 Å². The molecule has 2 aromatic carbocycles. The monoisotopic (exact) mass is 464 g/mol. The number of thioether (sulfide) groups is 1. The predicted molar refractivity (Wildman–Crippen MR) is 124 cm³/mol. The minimum absolute atomic E-state index is 0.143. The Morgan fingerprint density at radius 2 is 1.76 bits per heavy atom. The minimum atomic E-state index is -0.522. The molecule has 0 saturated carbocycles. The fourth-order valence-corrected chi connectivity index (χ4v) is 3.71. The van der Waals surface area contributed by atoms with Gasteiger partial charge >= 0.3 is 0 Å². The smallest absolute Gasteiger partial charge is 0.248 e. The molecule has 0 aliphatic heterocycles. The van der Waals surface area contributed by atoms with Crippen LogP contribution in [0.1, 0.15) is 10.4 Å². The summed E-state index contributed by atoms with van der Waals surface area (Å²) in [5, 5.41) is 16.4. The van der Waals surface area contributed by atoms with Crippen LogP contribution in [0.25, 0.3) is 17.0 Å². The van der Waals surface area contributed by atoms with Gasteiger partial charge in [-0.15, -0.1) is 10.2 Å². The molecule has 2 aromatic heterocycles. The first-order valence-electron chi connectivity index (χ1n) is 9.76. The second-order valence-corrected chi connectivity index (χ2v) is 7.81. The van der Waals surface area contributed by atoms with E-state index < -0.39 is 5.91 Å². The molecule has 2 amide bonds. The maximum absolute atomic E-state index is 12.3. The maximum atomic E-state index is 12.3. The van der Waals surface area contributed by atoms with Crippen LogP contribution in [-0.2, 0) is 4.79 Å². The number of rotatable bonds is 8. The van der Waals surface area contributed by atoms with Crippen molar-refractivity contribution in [2.24, 2.45) is 5.73 Å². The SMILES string of the molecule is COc1ccc(-c2nnc3ccc(SCC(=O)Nc4ccc(C(N)=O)cc4)nn23)cc1OC. The number of fused-ring (bicyclic) bond motifs is 1. The number of carbonyl (C=O) groups excluding carboxylic acids is 2. The number of primary amides is 1. The van der Waals surface area contributed by atoms with Gasteiger partial charge in [0.25, 0.3) is 0 Å². The van der Waals surface area contributed by atoms with Crippen LogP contribution in [0.15, 0.2) is 59.6 Å². The van der Waals surface area contributed by atoms with E-state index in [0.717, 1.165) is 5.56 Å². The van der Waals surface area contributed by atoms with E-state index in [9.17, 15) is 9.59 Å². The van der Waals surface area contributed by atoms with Crippen molar-refractivity contribution in [3.63, 3.8) is 0 Å². The molecule has 0 aliphatic carbocycles. The lowest BCUT2D eigenvalue weighted by Gasteiger charge is -2.09. The molecule has 10 nitrogen and oxygen atoms in total. The molecule has 168 valence electrons. The van der Waals surface area contributed by atoms with Crippen LogP contribution < -0.4 is 20.5 Å². The lowest BCUT2D eigenvalue weighted by atomic mass is 10.2. The quantitative estimate of drug-likeness (QED) is 0.380. The van der Waals surface area contributed by atoms with Gasteiger partial charge in [-0.05, 0) is 54.6 Å². The van der Waals surface area contributed by atoms with Crippen molar-refractivity contribution in [3.8, 4) is 22.9 Å². The summed E-state index contributed by atoms with van der Waals surface area (Å²) in [6, 6.07) is 15.4. The molecule has 11 heteroatoms. The Morgan fingerprint density at radius 3 is 2.45 bits per heavy atom. The Morgan fingerprint density at radius 1 is 1.00 bits per heavy atom. The number of ether oxygens (including phenoxy) is 2. The van der Waals surface area contributed by atoms with Gasteiger partial charge in [-0.25, -0.2) is 0 Å². The molecule has 0 bridgehead atoms. The summed E-state index contributed by atoms with van der Waals surface area (Å²) in [7, 11) is 3.13. The second kappa shape index (κ2) is 9.57. The van der Waals surface area contributed by atoms with Gasteiger partial charge in [0.1, 0.15) is 5.03 Å². The van der Waals surface area contributed by atoms with E-state index in [1.165, 1.54) is 11.8 Å². The third kappa shape index (κ3) is 4.88. The fourth-order valence-electron chi connectivity index (χ4n) is 3.06. The molecule has 3 N–H and O–H groups in total. The van der Waals surface area contributed by atoms with E-state index >= 15 is 0 Å². The largest absolute Gasteiger partial charge is 0.493 e. The third-order valence-corrected chi connectivity index (χ3v) is 5.60. The summed E-state index contributed by atoms with van der Waals surface area (Å²) in [6.45, 7) is 0. The van der Waals surface area contributed by atoms with E-state index in [-0.39, 0.29) is 11.7 Å². The molecule has 2 heterocycles. The van der Waals surface area contributed by atoms with Gasteiger partial charge in [-0.1, -0.05) is 11.8 Å². The Balaban J connectivity index is 1.48. The van der Waals surface area contributed by atoms with E-state index in [1.54, 1.807) is 67.3 Å². The first kappa shape index (κ1) is 22.1. The zero-order chi connectivity index (χ0) is 23.4. The van der Waals surface area contributed by atoms with Gasteiger partial charge in [0.15, 0.2) is 23.0 Å². The predicted octanol–water partition coefficient (Wildman–Crippen LogP) is 2.64. The van der Waals surface area contributed by atoms with Crippen LogP contribution in [0.2, 0.25) is 0 Å². The molecule has 33 heavy (non-hydrogen) atoms. The van der Waals surface area contributed by atoms with Crippen LogP contribution in [0.3, 0.4) is 0 Å². The first-order chi connectivity index (χ1) is 16.0. The molecule has 0 unspecified atom stereocenters.